The number of halogens is 3. The number of piperazine rings is 1. The number of ether oxygens (including phenoxy) is 1. The first-order valence-corrected chi connectivity index (χ1v) is 14.6. The van der Waals surface area contributed by atoms with Crippen molar-refractivity contribution >= 4 is 29.7 Å². The second-order valence-corrected chi connectivity index (χ2v) is 10.7. The molecule has 1 aromatic rings. The van der Waals surface area contributed by atoms with Gasteiger partial charge in [0.25, 0.3) is 0 Å². The minimum atomic E-state index is -4.65. The molecular formula is C28H39F3N6O7. The Labute approximate surface area is 252 Å². The first-order valence-electron chi connectivity index (χ1n) is 14.6. The molecule has 0 spiro atoms. The van der Waals surface area contributed by atoms with Crippen LogP contribution in [0.4, 0.5) is 18.0 Å². The van der Waals surface area contributed by atoms with Crippen LogP contribution in [0.25, 0.3) is 0 Å². The molecule has 44 heavy (non-hydrogen) atoms. The Morgan fingerprint density at radius 2 is 1.77 bits per heavy atom. The minimum Gasteiger partial charge on any atom is -0.450 e. The summed E-state index contributed by atoms with van der Waals surface area (Å²) in [5.41, 5.74) is 0.673. The fraction of sp³-hybridized carbons (Fsp3) is 0.607. The number of nitrogens with one attached hydrogen (secondary N) is 5. The van der Waals surface area contributed by atoms with Crippen molar-refractivity contribution in [2.24, 2.45) is 11.8 Å². The highest BCUT2D eigenvalue weighted by molar-refractivity contribution is 5.93. The Kier molecular flexibility index (Phi) is 13.2. The zero-order chi connectivity index (χ0) is 32.1. The maximum absolute atomic E-state index is 13.8. The molecule has 0 aromatic heterocycles. The van der Waals surface area contributed by atoms with E-state index in [-0.39, 0.29) is 56.9 Å². The van der Waals surface area contributed by atoms with Crippen molar-refractivity contribution < 1.29 is 47.1 Å². The van der Waals surface area contributed by atoms with Gasteiger partial charge in [0.05, 0.1) is 30.6 Å². The summed E-state index contributed by atoms with van der Waals surface area (Å²) in [7, 11) is 0. The Morgan fingerprint density at radius 3 is 2.48 bits per heavy atom. The zero-order valence-corrected chi connectivity index (χ0v) is 24.2. The molecule has 0 radical (unpaired) electrons. The SMILES string of the molecule is O=C1NCCCC[C@@H](C(=O)NCC(=O)N2CCNCC2)NC(=O)[C@H](Cc2cccc(C(F)(F)F)c2)C(C(=O)NO)CCCO1. The molecule has 16 heteroatoms. The highest BCUT2D eigenvalue weighted by Crippen LogP contribution is 2.31. The van der Waals surface area contributed by atoms with Crippen LogP contribution in [-0.4, -0.2) is 91.7 Å². The van der Waals surface area contributed by atoms with E-state index in [1.807, 2.05) is 0 Å². The molecule has 2 saturated heterocycles. The van der Waals surface area contributed by atoms with Gasteiger partial charge < -0.3 is 30.9 Å². The fourth-order valence-corrected chi connectivity index (χ4v) is 5.19. The molecule has 3 atom stereocenters. The summed E-state index contributed by atoms with van der Waals surface area (Å²) in [5.74, 6) is -5.29. The Bertz CT molecular complexity index is 1160. The Morgan fingerprint density at radius 1 is 1.02 bits per heavy atom. The number of hydrogen-bond donors (Lipinski definition) is 6. The Balaban J connectivity index is 1.87. The van der Waals surface area contributed by atoms with Gasteiger partial charge in [0.2, 0.25) is 23.6 Å². The average molecular weight is 629 g/mol. The van der Waals surface area contributed by atoms with E-state index < -0.39 is 53.4 Å². The molecule has 0 bridgehead atoms. The monoisotopic (exact) mass is 628 g/mol. The quantitative estimate of drug-likeness (QED) is 0.197. The molecule has 2 aliphatic heterocycles. The van der Waals surface area contributed by atoms with Crippen molar-refractivity contribution in [1.29, 1.82) is 0 Å². The van der Waals surface area contributed by atoms with Crippen LogP contribution in [0.2, 0.25) is 0 Å². The molecule has 2 heterocycles. The lowest BCUT2D eigenvalue weighted by Gasteiger charge is -2.29. The molecule has 5 amide bonds. The minimum absolute atomic E-state index is 0.0766. The molecule has 1 aromatic carbocycles. The van der Waals surface area contributed by atoms with Crippen molar-refractivity contribution in [2.45, 2.75) is 50.7 Å². The second-order valence-electron chi connectivity index (χ2n) is 10.7. The van der Waals surface area contributed by atoms with Gasteiger partial charge in [0.1, 0.15) is 6.04 Å². The van der Waals surface area contributed by atoms with Gasteiger partial charge in [-0.05, 0) is 50.2 Å². The summed E-state index contributed by atoms with van der Waals surface area (Å²) in [6.07, 6.45) is -4.76. The van der Waals surface area contributed by atoms with Crippen molar-refractivity contribution in [2.75, 3.05) is 45.9 Å². The van der Waals surface area contributed by atoms with Gasteiger partial charge in [-0.1, -0.05) is 18.2 Å². The third-order valence-electron chi connectivity index (χ3n) is 7.58. The predicted molar refractivity (Wildman–Crippen MR) is 149 cm³/mol. The highest BCUT2D eigenvalue weighted by atomic mass is 19.4. The normalized spacial score (nSPS) is 22.7. The van der Waals surface area contributed by atoms with Crippen LogP contribution >= 0.6 is 0 Å². The third-order valence-corrected chi connectivity index (χ3v) is 7.58. The summed E-state index contributed by atoms with van der Waals surface area (Å²) in [5, 5.41) is 20.3. The molecule has 2 aliphatic rings. The first-order chi connectivity index (χ1) is 21.0. The van der Waals surface area contributed by atoms with Gasteiger partial charge in [-0.3, -0.25) is 24.4 Å². The van der Waals surface area contributed by atoms with Crippen LogP contribution in [0.15, 0.2) is 24.3 Å². The number of rotatable bonds is 6. The van der Waals surface area contributed by atoms with Crippen molar-refractivity contribution in [1.82, 2.24) is 31.6 Å². The van der Waals surface area contributed by atoms with Crippen molar-refractivity contribution in [3.05, 3.63) is 35.4 Å². The van der Waals surface area contributed by atoms with E-state index in [1.54, 1.807) is 4.90 Å². The van der Waals surface area contributed by atoms with E-state index in [9.17, 15) is 42.4 Å². The predicted octanol–water partition coefficient (Wildman–Crippen LogP) is 0.709. The standard InChI is InChI=1S/C28H39F3N6O7/c29-28(30,31)19-6-3-5-18(15-19)16-21-20(25(40)36-43)7-4-14-44-27(42)33-9-2-1-8-22(35-24(21)39)26(41)34-17-23(38)37-12-10-32-11-13-37/h3,5-6,15,20-22,32,43H,1-2,4,7-14,16-17H2,(H,33,42)(H,34,41)(H,35,39)(H,36,40)/t20?,21-,22+/m1/s1. The summed E-state index contributed by atoms with van der Waals surface area (Å²) < 4.78 is 45.3. The topological polar surface area (TPSA) is 178 Å². The van der Waals surface area contributed by atoms with Crippen LogP contribution in [0.1, 0.15) is 43.2 Å². The van der Waals surface area contributed by atoms with Crippen LogP contribution in [0, 0.1) is 11.8 Å². The van der Waals surface area contributed by atoms with E-state index in [0.29, 0.717) is 39.0 Å². The second kappa shape index (κ2) is 16.8. The van der Waals surface area contributed by atoms with Gasteiger partial charge in [-0.25, -0.2) is 10.3 Å². The molecule has 244 valence electrons. The molecule has 0 saturated carbocycles. The van der Waals surface area contributed by atoms with E-state index in [2.05, 4.69) is 21.3 Å². The molecule has 1 unspecified atom stereocenters. The Hall–Kier alpha value is -3.92. The number of nitrogens with zero attached hydrogens (tertiary/aromatic N) is 1. The number of carbonyl (C=O) groups is 5. The molecular weight excluding hydrogens is 589 g/mol. The molecule has 2 fully saturated rings. The number of alkyl carbamates (subject to hydrolysis) is 1. The maximum atomic E-state index is 13.8. The third kappa shape index (κ3) is 10.7. The number of hydroxylamine groups is 1. The zero-order valence-electron chi connectivity index (χ0n) is 24.2. The van der Waals surface area contributed by atoms with Gasteiger partial charge in [-0.15, -0.1) is 0 Å². The smallest absolute Gasteiger partial charge is 0.416 e. The fourth-order valence-electron chi connectivity index (χ4n) is 5.19. The number of benzene rings is 1. The number of carbonyl (C=O) groups excluding carboxylic acids is 5. The molecule has 6 N–H and O–H groups in total. The maximum Gasteiger partial charge on any atom is 0.416 e. The molecule has 13 nitrogen and oxygen atoms in total. The number of amides is 5. The average Bonchev–Trinajstić information content (AvgIpc) is 3.01. The molecule has 0 aliphatic carbocycles. The lowest BCUT2D eigenvalue weighted by molar-refractivity contribution is -0.141. The summed E-state index contributed by atoms with van der Waals surface area (Å²) in [6, 6.07) is 3.16. The number of cyclic esters (lactones) is 1. The summed E-state index contributed by atoms with van der Waals surface area (Å²) in [4.78, 5) is 66.0. The lowest BCUT2D eigenvalue weighted by Crippen LogP contribution is -2.53. The number of hydrogen-bond acceptors (Lipinski definition) is 8. The van der Waals surface area contributed by atoms with E-state index in [4.69, 9.17) is 4.74 Å². The first kappa shape index (κ1) is 34.6. The van der Waals surface area contributed by atoms with Gasteiger partial charge >= 0.3 is 12.3 Å². The number of alkyl halides is 3. The van der Waals surface area contributed by atoms with Crippen LogP contribution in [0.5, 0.6) is 0 Å². The van der Waals surface area contributed by atoms with Crippen LogP contribution in [0.3, 0.4) is 0 Å². The lowest BCUT2D eigenvalue weighted by atomic mass is 9.82. The van der Waals surface area contributed by atoms with E-state index in [0.717, 1.165) is 12.1 Å². The largest absolute Gasteiger partial charge is 0.450 e. The summed E-state index contributed by atoms with van der Waals surface area (Å²) >= 11 is 0. The van der Waals surface area contributed by atoms with Crippen molar-refractivity contribution in [3.8, 4) is 0 Å². The highest BCUT2D eigenvalue weighted by Gasteiger charge is 2.37. The van der Waals surface area contributed by atoms with Gasteiger partial charge in [0, 0.05) is 32.7 Å². The van der Waals surface area contributed by atoms with Gasteiger partial charge in [0.15, 0.2) is 0 Å². The van der Waals surface area contributed by atoms with Gasteiger partial charge in [-0.2, -0.15) is 13.2 Å². The summed E-state index contributed by atoms with van der Waals surface area (Å²) in [6.45, 7) is 2.01. The van der Waals surface area contributed by atoms with Crippen LogP contribution in [-0.2, 0) is 36.5 Å². The van der Waals surface area contributed by atoms with Crippen molar-refractivity contribution in [3.63, 3.8) is 0 Å². The van der Waals surface area contributed by atoms with Crippen LogP contribution < -0.4 is 26.7 Å². The molecule has 3 rings (SSSR count). The van der Waals surface area contributed by atoms with E-state index in [1.165, 1.54) is 17.6 Å². The van der Waals surface area contributed by atoms with E-state index >= 15 is 0 Å².